The van der Waals surface area contributed by atoms with E-state index < -0.39 is 11.5 Å². The molecule has 0 fully saturated rings. The van der Waals surface area contributed by atoms with E-state index in [1.54, 1.807) is 24.2 Å². The number of hydrogen-bond acceptors (Lipinski definition) is 6. The Hall–Kier alpha value is -0.660. The van der Waals surface area contributed by atoms with Gasteiger partial charge in [0.1, 0.15) is 11.0 Å². The number of carboxylic acids is 1. The van der Waals surface area contributed by atoms with Gasteiger partial charge in [-0.15, -0.1) is 10.2 Å². The summed E-state index contributed by atoms with van der Waals surface area (Å²) in [5.74, 6) is -0.0851. The lowest BCUT2D eigenvalue weighted by Gasteiger charge is -2.25. The second-order valence-electron chi connectivity index (χ2n) is 3.87. The van der Waals surface area contributed by atoms with E-state index in [1.807, 2.05) is 6.92 Å². The Morgan fingerprint density at radius 3 is 3.00 bits per heavy atom. The van der Waals surface area contributed by atoms with E-state index in [-0.39, 0.29) is 0 Å². The first-order chi connectivity index (χ1) is 8.08. The quantitative estimate of drug-likeness (QED) is 0.705. The summed E-state index contributed by atoms with van der Waals surface area (Å²) in [7, 11) is 0. The molecule has 0 amide bonds. The predicted octanol–water partition coefficient (Wildman–Crippen LogP) is 1.86. The van der Waals surface area contributed by atoms with E-state index >= 15 is 0 Å². The monoisotopic (exact) mass is 275 g/mol. The average Bonchev–Trinajstić information content (AvgIpc) is 2.79. The molecule has 1 aromatic heterocycles. The fourth-order valence-electron chi connectivity index (χ4n) is 1.24. The molecule has 0 saturated carbocycles. The maximum atomic E-state index is 11.2. The van der Waals surface area contributed by atoms with E-state index in [9.17, 15) is 9.90 Å². The molecule has 0 aliphatic carbocycles. The number of rotatable bonds is 8. The van der Waals surface area contributed by atoms with Crippen molar-refractivity contribution in [2.75, 3.05) is 12.3 Å². The van der Waals surface area contributed by atoms with E-state index in [2.05, 4.69) is 15.5 Å². The molecule has 96 valence electrons. The second-order valence-corrected chi connectivity index (χ2v) is 6.04. The van der Waals surface area contributed by atoms with Gasteiger partial charge in [-0.25, -0.2) is 0 Å². The minimum absolute atomic E-state index is 0.562. The van der Waals surface area contributed by atoms with Gasteiger partial charge in [-0.1, -0.05) is 30.0 Å². The largest absolute Gasteiger partial charge is 0.480 e. The highest BCUT2D eigenvalue weighted by atomic mass is 32.2. The van der Waals surface area contributed by atoms with Crippen LogP contribution in [-0.4, -0.2) is 39.1 Å². The smallest absolute Gasteiger partial charge is 0.323 e. The second kappa shape index (κ2) is 6.93. The molecule has 0 saturated heterocycles. The van der Waals surface area contributed by atoms with Gasteiger partial charge in [-0.3, -0.25) is 4.79 Å². The zero-order valence-corrected chi connectivity index (χ0v) is 11.6. The molecule has 2 N–H and O–H groups in total. The number of aliphatic carboxylic acids is 1. The fourth-order valence-corrected chi connectivity index (χ4v) is 2.96. The van der Waals surface area contributed by atoms with Crippen molar-refractivity contribution in [3.05, 3.63) is 5.51 Å². The third-order valence-corrected chi connectivity index (χ3v) is 4.27. The van der Waals surface area contributed by atoms with Crippen LogP contribution in [0.2, 0.25) is 0 Å². The summed E-state index contributed by atoms with van der Waals surface area (Å²) in [6.45, 7) is 4.46. The van der Waals surface area contributed by atoms with Crippen LogP contribution in [0.5, 0.6) is 0 Å². The van der Waals surface area contributed by atoms with Gasteiger partial charge in [0.05, 0.1) is 0 Å². The maximum Gasteiger partial charge on any atom is 0.323 e. The average molecular weight is 275 g/mol. The molecule has 5 nitrogen and oxygen atoms in total. The van der Waals surface area contributed by atoms with Gasteiger partial charge in [0.25, 0.3) is 0 Å². The lowest BCUT2D eigenvalue weighted by Crippen LogP contribution is -2.50. The molecule has 0 spiro atoms. The summed E-state index contributed by atoms with van der Waals surface area (Å²) in [6.07, 6.45) is 1.49. The molecule has 0 aliphatic heterocycles. The fraction of sp³-hybridized carbons (Fsp3) is 0.700. The molecule has 0 bridgehead atoms. The van der Waals surface area contributed by atoms with Gasteiger partial charge in [0.15, 0.2) is 4.34 Å². The van der Waals surface area contributed by atoms with Crippen molar-refractivity contribution in [3.8, 4) is 0 Å². The van der Waals surface area contributed by atoms with E-state index in [0.717, 1.165) is 10.8 Å². The van der Waals surface area contributed by atoms with Crippen LogP contribution in [0, 0.1) is 0 Å². The van der Waals surface area contributed by atoms with Crippen molar-refractivity contribution in [2.45, 2.75) is 36.6 Å². The standard InChI is InChI=1S/C10H17N3O2S2/c1-3-5-11-10(2,8(14)15)4-6-16-9-13-12-7-17-9/h7,11H,3-6H2,1-2H3,(H,14,15). The normalized spacial score (nSPS) is 14.5. The molecule has 1 aromatic rings. The molecule has 7 heteroatoms. The summed E-state index contributed by atoms with van der Waals surface area (Å²) in [6, 6.07) is 0. The number of carboxylic acid groups (broad SMARTS) is 1. The maximum absolute atomic E-state index is 11.2. The van der Waals surface area contributed by atoms with Gasteiger partial charge in [-0.2, -0.15) is 0 Å². The van der Waals surface area contributed by atoms with Gasteiger partial charge < -0.3 is 10.4 Å². The van der Waals surface area contributed by atoms with Crippen LogP contribution in [0.15, 0.2) is 9.85 Å². The number of aromatic nitrogens is 2. The molecular weight excluding hydrogens is 258 g/mol. The Morgan fingerprint density at radius 1 is 1.71 bits per heavy atom. The number of carbonyl (C=O) groups is 1. The Bertz CT molecular complexity index is 345. The Morgan fingerprint density at radius 2 is 2.47 bits per heavy atom. The van der Waals surface area contributed by atoms with E-state index in [0.29, 0.717) is 18.7 Å². The summed E-state index contributed by atoms with van der Waals surface area (Å²) in [5.41, 5.74) is 0.821. The summed E-state index contributed by atoms with van der Waals surface area (Å²) in [4.78, 5) is 11.2. The number of hydrogen-bond donors (Lipinski definition) is 2. The zero-order chi connectivity index (χ0) is 12.7. The van der Waals surface area contributed by atoms with Crippen molar-refractivity contribution in [2.24, 2.45) is 0 Å². The van der Waals surface area contributed by atoms with Gasteiger partial charge >= 0.3 is 5.97 Å². The SMILES string of the molecule is CCCNC(C)(CCSc1nncs1)C(=O)O. The van der Waals surface area contributed by atoms with E-state index in [1.165, 1.54) is 11.3 Å². The summed E-state index contributed by atoms with van der Waals surface area (Å²) in [5, 5.41) is 19.9. The number of nitrogens with zero attached hydrogens (tertiary/aromatic N) is 2. The van der Waals surface area contributed by atoms with Crippen molar-refractivity contribution in [1.29, 1.82) is 0 Å². The molecule has 0 aliphatic rings. The first-order valence-corrected chi connectivity index (χ1v) is 7.32. The molecule has 1 rings (SSSR count). The van der Waals surface area contributed by atoms with Crippen LogP contribution < -0.4 is 5.32 Å². The van der Waals surface area contributed by atoms with Crippen LogP contribution in [0.1, 0.15) is 26.7 Å². The molecule has 17 heavy (non-hydrogen) atoms. The third-order valence-electron chi connectivity index (χ3n) is 2.40. The lowest BCUT2D eigenvalue weighted by atomic mass is 9.99. The highest BCUT2D eigenvalue weighted by Gasteiger charge is 2.31. The summed E-state index contributed by atoms with van der Waals surface area (Å²) >= 11 is 3.02. The van der Waals surface area contributed by atoms with Crippen LogP contribution in [0.25, 0.3) is 0 Å². The molecule has 1 heterocycles. The number of nitrogens with one attached hydrogen (secondary N) is 1. The highest BCUT2D eigenvalue weighted by molar-refractivity contribution is 8.00. The minimum Gasteiger partial charge on any atom is -0.480 e. The van der Waals surface area contributed by atoms with Gasteiger partial charge in [0, 0.05) is 5.75 Å². The number of thioether (sulfide) groups is 1. The minimum atomic E-state index is -0.853. The molecule has 0 aromatic carbocycles. The highest BCUT2D eigenvalue weighted by Crippen LogP contribution is 2.23. The molecule has 1 unspecified atom stereocenters. The first-order valence-electron chi connectivity index (χ1n) is 5.46. The molecule has 1 atom stereocenters. The lowest BCUT2D eigenvalue weighted by molar-refractivity contribution is -0.144. The van der Waals surface area contributed by atoms with Gasteiger partial charge in [-0.05, 0) is 26.3 Å². The van der Waals surface area contributed by atoms with Crippen molar-refractivity contribution >= 4 is 29.1 Å². The predicted molar refractivity (Wildman–Crippen MR) is 69.6 cm³/mol. The van der Waals surface area contributed by atoms with Crippen LogP contribution in [0.4, 0.5) is 0 Å². The zero-order valence-electron chi connectivity index (χ0n) is 9.97. The molecular formula is C10H17N3O2S2. The van der Waals surface area contributed by atoms with Gasteiger partial charge in [0.2, 0.25) is 0 Å². The van der Waals surface area contributed by atoms with E-state index in [4.69, 9.17) is 0 Å². The third kappa shape index (κ3) is 4.61. The van der Waals surface area contributed by atoms with Crippen molar-refractivity contribution in [1.82, 2.24) is 15.5 Å². The summed E-state index contributed by atoms with van der Waals surface area (Å²) < 4.78 is 0.883. The Labute approximate surface area is 109 Å². The van der Waals surface area contributed by atoms with Crippen molar-refractivity contribution < 1.29 is 9.90 Å². The van der Waals surface area contributed by atoms with Crippen LogP contribution >= 0.6 is 23.1 Å². The molecule has 0 radical (unpaired) electrons. The topological polar surface area (TPSA) is 75.1 Å². The van der Waals surface area contributed by atoms with Crippen LogP contribution in [0.3, 0.4) is 0 Å². The van der Waals surface area contributed by atoms with Crippen molar-refractivity contribution in [3.63, 3.8) is 0 Å². The first kappa shape index (κ1) is 14.4. The Balaban J connectivity index is 2.41. The van der Waals surface area contributed by atoms with Crippen LogP contribution in [-0.2, 0) is 4.79 Å². The Kier molecular flexibility index (Phi) is 5.87.